The first-order chi connectivity index (χ1) is 13.2. The van der Waals surface area contributed by atoms with E-state index in [9.17, 15) is 19.8 Å². The highest BCUT2D eigenvalue weighted by Gasteiger charge is 2.30. The molecule has 0 saturated carbocycles. The monoisotopic (exact) mass is 399 g/mol. The van der Waals surface area contributed by atoms with Crippen LogP contribution in [0.25, 0.3) is 10.9 Å². The summed E-state index contributed by atoms with van der Waals surface area (Å²) < 4.78 is 1.52. The molecule has 1 aromatic heterocycles. The van der Waals surface area contributed by atoms with Crippen molar-refractivity contribution in [1.29, 1.82) is 0 Å². The maximum Gasteiger partial charge on any atom is 0.311 e. The molecule has 2 N–H and O–H groups in total. The Labute approximate surface area is 168 Å². The molecule has 0 aliphatic rings. The van der Waals surface area contributed by atoms with Crippen molar-refractivity contribution in [3.63, 3.8) is 0 Å². The van der Waals surface area contributed by atoms with Crippen molar-refractivity contribution in [1.82, 2.24) is 4.57 Å². The zero-order chi connectivity index (χ0) is 20.6. The Morgan fingerprint density at radius 3 is 2.32 bits per heavy atom. The van der Waals surface area contributed by atoms with Gasteiger partial charge >= 0.3 is 5.97 Å². The highest BCUT2D eigenvalue weighted by atomic mass is 35.5. The maximum atomic E-state index is 13.2. The number of rotatable bonds is 5. The van der Waals surface area contributed by atoms with Crippen molar-refractivity contribution in [2.24, 2.45) is 5.92 Å². The minimum Gasteiger partial charge on any atom is -0.508 e. The average molecular weight is 400 g/mol. The number of aromatic hydroxyl groups is 1. The van der Waals surface area contributed by atoms with Gasteiger partial charge in [-0.2, -0.15) is 0 Å². The Hall–Kier alpha value is -2.79. The van der Waals surface area contributed by atoms with Gasteiger partial charge in [-0.25, -0.2) is 0 Å². The summed E-state index contributed by atoms with van der Waals surface area (Å²) in [4.78, 5) is 25.2. The molecule has 0 saturated heterocycles. The van der Waals surface area contributed by atoms with Gasteiger partial charge in [0.25, 0.3) is 5.91 Å². The fourth-order valence-electron chi connectivity index (χ4n) is 3.67. The lowest BCUT2D eigenvalue weighted by molar-refractivity contribution is -0.139. The van der Waals surface area contributed by atoms with Crippen molar-refractivity contribution in [2.75, 3.05) is 0 Å². The van der Waals surface area contributed by atoms with Crippen LogP contribution in [-0.2, 0) is 4.79 Å². The standard InChI is InChI=1S/C22H22ClNO4/c1-12(2)10-18(22(27)28)20-13(3)24(19-9-8-16(25)11-17(19)20)21(26)14-4-6-15(23)7-5-14/h4-9,11-12,18,25H,10H2,1-3H3,(H,27,28)/t18-/m1/s1. The molecule has 0 bridgehead atoms. The van der Waals surface area contributed by atoms with Crippen LogP contribution < -0.4 is 0 Å². The van der Waals surface area contributed by atoms with E-state index in [2.05, 4.69) is 0 Å². The number of nitrogens with zero attached hydrogens (tertiary/aromatic N) is 1. The summed E-state index contributed by atoms with van der Waals surface area (Å²) in [5.74, 6) is -1.81. The second-order valence-electron chi connectivity index (χ2n) is 7.37. The number of phenols is 1. The molecule has 0 radical (unpaired) electrons. The molecular weight excluding hydrogens is 378 g/mol. The van der Waals surface area contributed by atoms with Gasteiger partial charge in [-0.15, -0.1) is 0 Å². The van der Waals surface area contributed by atoms with Crippen LogP contribution in [-0.4, -0.2) is 26.7 Å². The summed E-state index contributed by atoms with van der Waals surface area (Å²) in [5.41, 5.74) is 2.14. The zero-order valence-corrected chi connectivity index (χ0v) is 16.7. The Kier molecular flexibility index (Phi) is 5.47. The second-order valence-corrected chi connectivity index (χ2v) is 7.80. The molecule has 1 atom stereocenters. The molecule has 1 heterocycles. The Morgan fingerprint density at radius 2 is 1.75 bits per heavy atom. The third kappa shape index (κ3) is 3.62. The molecule has 28 heavy (non-hydrogen) atoms. The van der Waals surface area contributed by atoms with Gasteiger partial charge in [0.15, 0.2) is 0 Å². The van der Waals surface area contributed by atoms with Gasteiger partial charge in [0, 0.05) is 21.7 Å². The van der Waals surface area contributed by atoms with E-state index < -0.39 is 11.9 Å². The minimum absolute atomic E-state index is 0.0264. The number of hydrogen-bond donors (Lipinski definition) is 2. The van der Waals surface area contributed by atoms with E-state index in [1.807, 2.05) is 13.8 Å². The van der Waals surface area contributed by atoms with Gasteiger partial charge in [0.2, 0.25) is 0 Å². The first-order valence-corrected chi connectivity index (χ1v) is 9.45. The van der Waals surface area contributed by atoms with Gasteiger partial charge in [0.05, 0.1) is 11.4 Å². The fraction of sp³-hybridized carbons (Fsp3) is 0.273. The summed E-state index contributed by atoms with van der Waals surface area (Å²) in [5, 5.41) is 20.9. The van der Waals surface area contributed by atoms with E-state index >= 15 is 0 Å². The maximum absolute atomic E-state index is 13.2. The lowest BCUT2D eigenvalue weighted by atomic mass is 9.88. The summed E-state index contributed by atoms with van der Waals surface area (Å²) in [7, 11) is 0. The van der Waals surface area contributed by atoms with E-state index in [1.54, 1.807) is 37.3 Å². The minimum atomic E-state index is -0.946. The molecule has 3 aromatic rings. The predicted octanol–water partition coefficient (Wildman–Crippen LogP) is 5.21. The largest absolute Gasteiger partial charge is 0.508 e. The van der Waals surface area contributed by atoms with Crippen LogP contribution in [0.2, 0.25) is 5.02 Å². The number of carbonyl (C=O) groups excluding carboxylic acids is 1. The number of hydrogen-bond acceptors (Lipinski definition) is 3. The number of aromatic nitrogens is 1. The highest BCUT2D eigenvalue weighted by Crippen LogP contribution is 2.37. The number of carboxylic acid groups (broad SMARTS) is 1. The van der Waals surface area contributed by atoms with Crippen molar-refractivity contribution in [2.45, 2.75) is 33.1 Å². The quantitative estimate of drug-likeness (QED) is 0.617. The smallest absolute Gasteiger partial charge is 0.311 e. The zero-order valence-electron chi connectivity index (χ0n) is 15.9. The number of carboxylic acids is 1. The predicted molar refractivity (Wildman–Crippen MR) is 109 cm³/mol. The van der Waals surface area contributed by atoms with Gasteiger partial charge in [-0.1, -0.05) is 25.4 Å². The van der Waals surface area contributed by atoms with E-state index in [4.69, 9.17) is 11.6 Å². The van der Waals surface area contributed by atoms with Crippen molar-refractivity contribution < 1.29 is 19.8 Å². The van der Waals surface area contributed by atoms with Crippen LogP contribution in [0.15, 0.2) is 42.5 Å². The summed E-state index contributed by atoms with van der Waals surface area (Å²) in [6, 6.07) is 11.2. The Morgan fingerprint density at radius 1 is 1.11 bits per heavy atom. The molecule has 6 heteroatoms. The molecule has 0 aliphatic heterocycles. The van der Waals surface area contributed by atoms with Crippen LogP contribution >= 0.6 is 11.6 Å². The summed E-state index contributed by atoms with van der Waals surface area (Å²) >= 11 is 5.92. The van der Waals surface area contributed by atoms with Crippen LogP contribution in [0.4, 0.5) is 0 Å². The van der Waals surface area contributed by atoms with E-state index in [0.717, 1.165) is 0 Å². The molecule has 0 fully saturated rings. The van der Waals surface area contributed by atoms with E-state index in [-0.39, 0.29) is 17.6 Å². The molecule has 3 rings (SSSR count). The molecule has 5 nitrogen and oxygen atoms in total. The number of aliphatic carboxylic acids is 1. The SMILES string of the molecule is Cc1c([C@@H](CC(C)C)C(=O)O)c2cc(O)ccc2n1C(=O)c1ccc(Cl)cc1. The van der Waals surface area contributed by atoms with Gasteiger partial charge in [-0.05, 0) is 67.3 Å². The van der Waals surface area contributed by atoms with Crippen molar-refractivity contribution in [3.05, 3.63) is 64.3 Å². The number of fused-ring (bicyclic) bond motifs is 1. The van der Waals surface area contributed by atoms with E-state index in [1.165, 1.54) is 16.7 Å². The lowest BCUT2D eigenvalue weighted by Gasteiger charge is -2.16. The highest BCUT2D eigenvalue weighted by molar-refractivity contribution is 6.30. The van der Waals surface area contributed by atoms with Gasteiger partial charge < -0.3 is 10.2 Å². The molecule has 146 valence electrons. The van der Waals surface area contributed by atoms with Gasteiger partial charge in [0.1, 0.15) is 5.75 Å². The lowest BCUT2D eigenvalue weighted by Crippen LogP contribution is -2.17. The molecule has 0 amide bonds. The van der Waals surface area contributed by atoms with Crippen molar-refractivity contribution >= 4 is 34.4 Å². The number of phenolic OH excluding ortho intramolecular Hbond substituents is 1. The topological polar surface area (TPSA) is 79.5 Å². The number of benzene rings is 2. The van der Waals surface area contributed by atoms with Crippen LogP contribution in [0, 0.1) is 12.8 Å². The molecule has 0 aliphatic carbocycles. The first kappa shape index (κ1) is 20.0. The molecular formula is C22H22ClNO4. The third-order valence-corrected chi connectivity index (χ3v) is 5.14. The first-order valence-electron chi connectivity index (χ1n) is 9.07. The number of carbonyl (C=O) groups is 2. The molecule has 0 unspecified atom stereocenters. The Balaban J connectivity index is 2.27. The summed E-state index contributed by atoms with van der Waals surface area (Å²) in [6.45, 7) is 5.66. The van der Waals surface area contributed by atoms with Crippen molar-refractivity contribution in [3.8, 4) is 5.75 Å². The van der Waals surface area contributed by atoms with E-state index in [0.29, 0.717) is 39.2 Å². The van der Waals surface area contributed by atoms with Crippen LogP contribution in [0.1, 0.15) is 47.8 Å². The normalized spacial score (nSPS) is 12.5. The van der Waals surface area contributed by atoms with Crippen LogP contribution in [0.5, 0.6) is 5.75 Å². The summed E-state index contributed by atoms with van der Waals surface area (Å²) in [6.07, 6.45) is 0.431. The number of halogens is 1. The third-order valence-electron chi connectivity index (χ3n) is 4.88. The average Bonchev–Trinajstić information content (AvgIpc) is 2.90. The van der Waals surface area contributed by atoms with Gasteiger partial charge in [-0.3, -0.25) is 14.2 Å². The Bertz CT molecular complexity index is 1050. The second kappa shape index (κ2) is 7.68. The molecule has 2 aromatic carbocycles. The molecule has 0 spiro atoms. The van der Waals surface area contributed by atoms with Crippen LogP contribution in [0.3, 0.4) is 0 Å². The fourth-order valence-corrected chi connectivity index (χ4v) is 3.79.